The number of carboxylic acid groups (broad SMARTS) is 1. The van der Waals surface area contributed by atoms with Crippen molar-refractivity contribution in [1.29, 1.82) is 0 Å². The van der Waals surface area contributed by atoms with Gasteiger partial charge in [0, 0.05) is 37.5 Å². The highest BCUT2D eigenvalue weighted by atomic mass is 16.4. The van der Waals surface area contributed by atoms with Crippen molar-refractivity contribution in [3.63, 3.8) is 0 Å². The van der Waals surface area contributed by atoms with Crippen LogP contribution in [0.5, 0.6) is 0 Å². The molecule has 1 aliphatic carbocycles. The maximum absolute atomic E-state index is 12.2. The number of hydrogen-bond acceptors (Lipinski definition) is 5. The Balaban J connectivity index is 2.49. The molecule has 0 radical (unpaired) electrons. The quantitative estimate of drug-likeness (QED) is 0.314. The third-order valence-electron chi connectivity index (χ3n) is 5.19. The number of carbonyl (C=O) groups is 3. The summed E-state index contributed by atoms with van der Waals surface area (Å²) in [5.41, 5.74) is 0. The second-order valence-electron chi connectivity index (χ2n) is 7.57. The fraction of sp³-hybridized carbons (Fsp3) is 0.762. The molecule has 3 N–H and O–H groups in total. The number of Topliss-reactive ketones (excluding diaryl/α,β-unsaturated/α-hetero) is 2. The Morgan fingerprint density at radius 1 is 1.15 bits per heavy atom. The number of rotatable bonds is 14. The van der Waals surface area contributed by atoms with Gasteiger partial charge in [0.2, 0.25) is 0 Å². The molecule has 1 rings (SSSR count). The Kier molecular flexibility index (Phi) is 11.1. The van der Waals surface area contributed by atoms with E-state index in [1.807, 2.05) is 0 Å². The lowest BCUT2D eigenvalue weighted by atomic mass is 9.88. The molecule has 4 atom stereocenters. The number of carboxylic acids is 1. The maximum atomic E-state index is 12.2. The van der Waals surface area contributed by atoms with Gasteiger partial charge in [-0.05, 0) is 19.3 Å². The van der Waals surface area contributed by atoms with Crippen LogP contribution in [0.1, 0.15) is 77.6 Å². The van der Waals surface area contributed by atoms with Gasteiger partial charge in [-0.15, -0.1) is 0 Å². The molecule has 6 nitrogen and oxygen atoms in total. The fourth-order valence-corrected chi connectivity index (χ4v) is 3.57. The largest absolute Gasteiger partial charge is 0.481 e. The van der Waals surface area contributed by atoms with Gasteiger partial charge in [-0.3, -0.25) is 14.4 Å². The van der Waals surface area contributed by atoms with E-state index in [1.54, 1.807) is 12.2 Å². The summed E-state index contributed by atoms with van der Waals surface area (Å²) in [4.78, 5) is 34.8. The molecule has 0 amide bonds. The van der Waals surface area contributed by atoms with E-state index in [1.165, 1.54) is 0 Å². The molecule has 0 spiro atoms. The summed E-state index contributed by atoms with van der Waals surface area (Å²) in [6.07, 6.45) is 8.20. The summed E-state index contributed by atoms with van der Waals surface area (Å²) in [5, 5.41) is 28.8. The van der Waals surface area contributed by atoms with Gasteiger partial charge in [-0.1, -0.05) is 44.8 Å². The summed E-state index contributed by atoms with van der Waals surface area (Å²) in [6, 6.07) is 0. The van der Waals surface area contributed by atoms with E-state index in [-0.39, 0.29) is 37.2 Å². The zero-order chi connectivity index (χ0) is 20.2. The normalized spacial score (nSPS) is 23.8. The molecule has 1 aliphatic rings. The lowest BCUT2D eigenvalue weighted by molar-refractivity contribution is -0.137. The molecule has 1 saturated carbocycles. The average Bonchev–Trinajstić information content (AvgIpc) is 2.87. The van der Waals surface area contributed by atoms with Crippen LogP contribution in [0, 0.1) is 11.8 Å². The highest BCUT2D eigenvalue weighted by Crippen LogP contribution is 2.33. The Morgan fingerprint density at radius 2 is 1.85 bits per heavy atom. The number of hydrogen-bond donors (Lipinski definition) is 3. The Hall–Kier alpha value is -1.53. The second-order valence-corrected chi connectivity index (χ2v) is 7.57. The van der Waals surface area contributed by atoms with Crippen LogP contribution in [0.15, 0.2) is 12.2 Å². The first-order chi connectivity index (χ1) is 12.8. The van der Waals surface area contributed by atoms with Gasteiger partial charge in [-0.25, -0.2) is 0 Å². The molecule has 154 valence electrons. The first kappa shape index (κ1) is 23.5. The molecule has 0 bridgehead atoms. The molecule has 1 fully saturated rings. The zero-order valence-corrected chi connectivity index (χ0v) is 16.3. The third-order valence-corrected chi connectivity index (χ3v) is 5.19. The summed E-state index contributed by atoms with van der Waals surface area (Å²) in [7, 11) is 0. The number of unbranched alkanes of at least 4 members (excludes halogenated alkanes) is 4. The molecule has 0 saturated heterocycles. The SMILES string of the molecule is CCCCCC[C@H](O)/C=C/[C@H]1[C@H](O)CC(=O)[C@@H]1CC(=O)CCCCC(=O)O. The molecular formula is C21H34O6. The number of carbonyl (C=O) groups excluding carboxylic acids is 2. The van der Waals surface area contributed by atoms with Crippen LogP contribution in [0.25, 0.3) is 0 Å². The smallest absolute Gasteiger partial charge is 0.303 e. The van der Waals surface area contributed by atoms with Crippen molar-refractivity contribution in [3.05, 3.63) is 12.2 Å². The van der Waals surface area contributed by atoms with Gasteiger partial charge in [-0.2, -0.15) is 0 Å². The minimum Gasteiger partial charge on any atom is -0.481 e. The van der Waals surface area contributed by atoms with Gasteiger partial charge in [0.1, 0.15) is 11.6 Å². The number of aliphatic hydroxyl groups is 2. The van der Waals surface area contributed by atoms with Crippen LogP contribution in [0.4, 0.5) is 0 Å². The second kappa shape index (κ2) is 12.8. The standard InChI is InChI=1S/C21H34O6/c1-2-3-4-5-8-15(22)11-12-17-18(20(25)14-19(17)24)13-16(23)9-6-7-10-21(26)27/h11-12,15,17-19,22,24H,2-10,13-14H2,1H3,(H,26,27)/b12-11+/t15-,17+,18+,19+/m0/s1. The molecule has 0 aromatic heterocycles. The van der Waals surface area contributed by atoms with Gasteiger partial charge in [0.15, 0.2) is 0 Å². The van der Waals surface area contributed by atoms with Crippen molar-refractivity contribution in [2.24, 2.45) is 11.8 Å². The van der Waals surface area contributed by atoms with Crippen molar-refractivity contribution >= 4 is 17.5 Å². The third kappa shape index (κ3) is 9.29. The minimum absolute atomic E-state index is 0.0376. The van der Waals surface area contributed by atoms with Crippen LogP contribution < -0.4 is 0 Å². The number of ketones is 2. The monoisotopic (exact) mass is 382 g/mol. The Bertz CT molecular complexity index is 513. The van der Waals surface area contributed by atoms with E-state index in [9.17, 15) is 24.6 Å². The van der Waals surface area contributed by atoms with Crippen molar-refractivity contribution in [1.82, 2.24) is 0 Å². The summed E-state index contributed by atoms with van der Waals surface area (Å²) in [6.45, 7) is 2.13. The van der Waals surface area contributed by atoms with Crippen LogP contribution >= 0.6 is 0 Å². The van der Waals surface area contributed by atoms with Crippen LogP contribution in [-0.2, 0) is 14.4 Å². The van der Waals surface area contributed by atoms with Gasteiger partial charge >= 0.3 is 5.97 Å². The zero-order valence-electron chi connectivity index (χ0n) is 16.3. The minimum atomic E-state index is -0.880. The fourth-order valence-electron chi connectivity index (χ4n) is 3.57. The molecule has 0 heterocycles. The number of aliphatic hydroxyl groups excluding tert-OH is 2. The molecule has 0 unspecified atom stereocenters. The van der Waals surface area contributed by atoms with E-state index in [0.717, 1.165) is 25.7 Å². The molecular weight excluding hydrogens is 348 g/mol. The van der Waals surface area contributed by atoms with Crippen LogP contribution in [0.3, 0.4) is 0 Å². The maximum Gasteiger partial charge on any atom is 0.303 e. The van der Waals surface area contributed by atoms with E-state index in [0.29, 0.717) is 19.3 Å². The van der Waals surface area contributed by atoms with E-state index in [2.05, 4.69) is 6.92 Å². The number of aliphatic carboxylic acids is 1. The van der Waals surface area contributed by atoms with Gasteiger partial charge < -0.3 is 15.3 Å². The first-order valence-electron chi connectivity index (χ1n) is 10.2. The van der Waals surface area contributed by atoms with E-state index in [4.69, 9.17) is 5.11 Å². The molecule has 0 aromatic carbocycles. The predicted octanol–water partition coefficient (Wildman–Crippen LogP) is 3.04. The van der Waals surface area contributed by atoms with Crippen molar-refractivity contribution < 1.29 is 29.7 Å². The average molecular weight is 382 g/mol. The summed E-state index contributed by atoms with van der Waals surface area (Å²) in [5.74, 6) is -2.06. The topological polar surface area (TPSA) is 112 Å². The van der Waals surface area contributed by atoms with Gasteiger partial charge in [0.25, 0.3) is 0 Å². The van der Waals surface area contributed by atoms with E-state index < -0.39 is 30.0 Å². The van der Waals surface area contributed by atoms with Gasteiger partial charge in [0.05, 0.1) is 12.2 Å². The van der Waals surface area contributed by atoms with E-state index >= 15 is 0 Å². The Labute approximate surface area is 161 Å². The van der Waals surface area contributed by atoms with Crippen LogP contribution in [0.2, 0.25) is 0 Å². The van der Waals surface area contributed by atoms with Crippen molar-refractivity contribution in [3.8, 4) is 0 Å². The molecule has 0 aliphatic heterocycles. The molecule has 0 aromatic rings. The lowest BCUT2D eigenvalue weighted by Gasteiger charge is -2.17. The summed E-state index contributed by atoms with van der Waals surface area (Å²) >= 11 is 0. The highest BCUT2D eigenvalue weighted by Gasteiger charge is 2.40. The molecule has 6 heteroatoms. The first-order valence-corrected chi connectivity index (χ1v) is 10.2. The Morgan fingerprint density at radius 3 is 2.52 bits per heavy atom. The highest BCUT2D eigenvalue weighted by molar-refractivity contribution is 5.90. The van der Waals surface area contributed by atoms with Crippen LogP contribution in [-0.4, -0.2) is 45.1 Å². The van der Waals surface area contributed by atoms with Crippen molar-refractivity contribution in [2.45, 2.75) is 89.8 Å². The lowest BCUT2D eigenvalue weighted by Crippen LogP contribution is -2.22. The summed E-state index contributed by atoms with van der Waals surface area (Å²) < 4.78 is 0. The van der Waals surface area contributed by atoms with Crippen molar-refractivity contribution in [2.75, 3.05) is 0 Å². The predicted molar refractivity (Wildman–Crippen MR) is 102 cm³/mol. The molecule has 27 heavy (non-hydrogen) atoms.